The van der Waals surface area contributed by atoms with E-state index in [0.717, 1.165) is 9.87 Å². The zero-order valence-electron chi connectivity index (χ0n) is 11.7. The highest BCUT2D eigenvalue weighted by molar-refractivity contribution is 7.90. The highest BCUT2D eigenvalue weighted by Gasteiger charge is 2.19. The molecule has 6 nitrogen and oxygen atoms in total. The van der Waals surface area contributed by atoms with Crippen molar-refractivity contribution < 1.29 is 18.3 Å². The van der Waals surface area contributed by atoms with E-state index in [-0.39, 0.29) is 13.2 Å². The van der Waals surface area contributed by atoms with Gasteiger partial charge in [-0.1, -0.05) is 11.6 Å². The fourth-order valence-corrected chi connectivity index (χ4v) is 2.66. The molecule has 114 valence electrons. The SMILES string of the molecule is COc1cc(Cl)c(C)cc1NS(=O)(=O)N(C)CCCO. The first-order chi connectivity index (χ1) is 9.31. The Bertz CT molecular complexity index is 563. The minimum absolute atomic E-state index is 0.0662. The molecule has 8 heteroatoms. The minimum Gasteiger partial charge on any atom is -0.495 e. The van der Waals surface area contributed by atoms with Crippen molar-refractivity contribution in [1.29, 1.82) is 0 Å². The molecule has 0 amide bonds. The van der Waals surface area contributed by atoms with Crippen LogP contribution in [0.15, 0.2) is 12.1 Å². The van der Waals surface area contributed by atoms with Crippen molar-refractivity contribution in [3.8, 4) is 5.75 Å². The summed E-state index contributed by atoms with van der Waals surface area (Å²) in [7, 11) is -0.822. The number of anilines is 1. The molecule has 0 unspecified atom stereocenters. The standard InChI is InChI=1S/C12H19ClN2O4S/c1-9-7-11(12(19-3)8-10(9)13)14-20(17,18)15(2)5-4-6-16/h7-8,14,16H,4-6H2,1-3H3. The Hall–Kier alpha value is -1.02. The maximum Gasteiger partial charge on any atom is 0.301 e. The molecule has 0 saturated heterocycles. The van der Waals surface area contributed by atoms with Gasteiger partial charge in [-0.3, -0.25) is 4.72 Å². The number of methoxy groups -OCH3 is 1. The van der Waals surface area contributed by atoms with E-state index in [1.54, 1.807) is 19.1 Å². The van der Waals surface area contributed by atoms with Crippen molar-refractivity contribution in [1.82, 2.24) is 4.31 Å². The zero-order valence-corrected chi connectivity index (χ0v) is 13.3. The fraction of sp³-hybridized carbons (Fsp3) is 0.500. The summed E-state index contributed by atoms with van der Waals surface area (Å²) >= 11 is 5.97. The van der Waals surface area contributed by atoms with Crippen LogP contribution < -0.4 is 9.46 Å². The first kappa shape index (κ1) is 17.0. The number of hydrogen-bond acceptors (Lipinski definition) is 4. The number of aryl methyl sites for hydroxylation is 1. The second-order valence-corrected chi connectivity index (χ2v) is 6.49. The summed E-state index contributed by atoms with van der Waals surface area (Å²) in [5.74, 6) is 0.347. The van der Waals surface area contributed by atoms with Gasteiger partial charge in [0.05, 0.1) is 12.8 Å². The third-order valence-electron chi connectivity index (χ3n) is 2.76. The Morgan fingerprint density at radius 1 is 1.45 bits per heavy atom. The lowest BCUT2D eigenvalue weighted by Crippen LogP contribution is -2.33. The lowest BCUT2D eigenvalue weighted by molar-refractivity contribution is 0.276. The van der Waals surface area contributed by atoms with E-state index in [1.165, 1.54) is 14.2 Å². The van der Waals surface area contributed by atoms with Crippen LogP contribution >= 0.6 is 11.6 Å². The van der Waals surface area contributed by atoms with Crippen LogP contribution in [0.1, 0.15) is 12.0 Å². The molecule has 2 N–H and O–H groups in total. The molecule has 0 aliphatic rings. The molecule has 0 aliphatic carbocycles. The van der Waals surface area contributed by atoms with Crippen LogP contribution in [0.4, 0.5) is 5.69 Å². The van der Waals surface area contributed by atoms with Gasteiger partial charge < -0.3 is 9.84 Å². The van der Waals surface area contributed by atoms with Gasteiger partial charge in [-0.2, -0.15) is 12.7 Å². The highest BCUT2D eigenvalue weighted by atomic mass is 35.5. The molecule has 0 aromatic heterocycles. The summed E-state index contributed by atoms with van der Waals surface area (Å²) in [4.78, 5) is 0. The van der Waals surface area contributed by atoms with Gasteiger partial charge in [0.2, 0.25) is 0 Å². The summed E-state index contributed by atoms with van der Waals surface area (Å²) in [5.41, 5.74) is 1.06. The van der Waals surface area contributed by atoms with Crippen LogP contribution in [0.25, 0.3) is 0 Å². The minimum atomic E-state index is -3.70. The van der Waals surface area contributed by atoms with Gasteiger partial charge in [0, 0.05) is 31.3 Å². The normalized spacial score (nSPS) is 11.7. The van der Waals surface area contributed by atoms with Crippen molar-refractivity contribution >= 4 is 27.5 Å². The summed E-state index contributed by atoms with van der Waals surface area (Å²) in [6.07, 6.45) is 0.369. The number of ether oxygens (including phenoxy) is 1. The molecule has 0 atom stereocenters. The number of rotatable bonds is 7. The predicted molar refractivity (Wildman–Crippen MR) is 79.6 cm³/mol. The molecule has 1 aromatic rings. The number of aliphatic hydroxyl groups is 1. The largest absolute Gasteiger partial charge is 0.495 e. The second kappa shape index (κ2) is 7.12. The smallest absolute Gasteiger partial charge is 0.301 e. The Labute approximate surface area is 124 Å². The van der Waals surface area contributed by atoms with Crippen molar-refractivity contribution in [2.45, 2.75) is 13.3 Å². The molecule has 0 spiro atoms. The van der Waals surface area contributed by atoms with Crippen LogP contribution in [0, 0.1) is 6.92 Å². The maximum absolute atomic E-state index is 12.1. The van der Waals surface area contributed by atoms with Gasteiger partial charge in [-0.15, -0.1) is 0 Å². The van der Waals surface area contributed by atoms with E-state index in [4.69, 9.17) is 21.4 Å². The third kappa shape index (κ3) is 4.24. The first-order valence-electron chi connectivity index (χ1n) is 6.01. The number of halogens is 1. The summed E-state index contributed by atoms with van der Waals surface area (Å²) < 4.78 is 32.9. The van der Waals surface area contributed by atoms with E-state index in [1.807, 2.05) is 0 Å². The van der Waals surface area contributed by atoms with Gasteiger partial charge in [0.25, 0.3) is 0 Å². The van der Waals surface area contributed by atoms with Crippen LogP contribution in [-0.4, -0.2) is 45.1 Å². The van der Waals surface area contributed by atoms with Crippen molar-refractivity contribution in [3.05, 3.63) is 22.7 Å². The number of hydrogen-bond donors (Lipinski definition) is 2. The lowest BCUT2D eigenvalue weighted by atomic mass is 10.2. The Kier molecular flexibility index (Phi) is 6.07. The Morgan fingerprint density at radius 2 is 2.10 bits per heavy atom. The van der Waals surface area contributed by atoms with E-state index in [0.29, 0.717) is 22.9 Å². The number of nitrogens with one attached hydrogen (secondary N) is 1. The zero-order chi connectivity index (χ0) is 15.3. The monoisotopic (exact) mass is 322 g/mol. The van der Waals surface area contributed by atoms with Crippen LogP contribution in [0.2, 0.25) is 5.02 Å². The predicted octanol–water partition coefficient (Wildman–Crippen LogP) is 1.63. The van der Waals surface area contributed by atoms with Gasteiger partial charge in [-0.05, 0) is 25.0 Å². The molecule has 20 heavy (non-hydrogen) atoms. The molecule has 0 radical (unpaired) electrons. The average molecular weight is 323 g/mol. The fourth-order valence-electron chi connectivity index (χ4n) is 1.54. The number of nitrogens with zero attached hydrogens (tertiary/aromatic N) is 1. The van der Waals surface area contributed by atoms with E-state index in [2.05, 4.69) is 4.72 Å². The molecule has 1 rings (SSSR count). The van der Waals surface area contributed by atoms with Crippen LogP contribution in [-0.2, 0) is 10.2 Å². The Balaban J connectivity index is 3.00. The average Bonchev–Trinajstić information content (AvgIpc) is 2.39. The topological polar surface area (TPSA) is 78.9 Å². The van der Waals surface area contributed by atoms with Gasteiger partial charge in [0.1, 0.15) is 5.75 Å². The molecule has 0 heterocycles. The molecular weight excluding hydrogens is 304 g/mol. The molecule has 0 fully saturated rings. The molecule has 1 aromatic carbocycles. The van der Waals surface area contributed by atoms with Crippen LogP contribution in [0.3, 0.4) is 0 Å². The Morgan fingerprint density at radius 3 is 2.65 bits per heavy atom. The second-order valence-electron chi connectivity index (χ2n) is 4.31. The van der Waals surface area contributed by atoms with Gasteiger partial charge >= 0.3 is 10.2 Å². The quantitative estimate of drug-likeness (QED) is 0.799. The highest BCUT2D eigenvalue weighted by Crippen LogP contribution is 2.31. The van der Waals surface area contributed by atoms with Gasteiger partial charge in [-0.25, -0.2) is 0 Å². The molecule has 0 bridgehead atoms. The maximum atomic E-state index is 12.1. The molecule has 0 saturated carbocycles. The van der Waals surface area contributed by atoms with Gasteiger partial charge in [0.15, 0.2) is 0 Å². The van der Waals surface area contributed by atoms with Crippen molar-refractivity contribution in [3.63, 3.8) is 0 Å². The van der Waals surface area contributed by atoms with Crippen molar-refractivity contribution in [2.75, 3.05) is 32.0 Å². The van der Waals surface area contributed by atoms with Crippen molar-refractivity contribution in [2.24, 2.45) is 0 Å². The van der Waals surface area contributed by atoms with E-state index in [9.17, 15) is 8.42 Å². The van der Waals surface area contributed by atoms with Crippen LogP contribution in [0.5, 0.6) is 5.75 Å². The summed E-state index contributed by atoms with van der Waals surface area (Å²) in [6, 6.07) is 3.17. The lowest BCUT2D eigenvalue weighted by Gasteiger charge is -2.19. The third-order valence-corrected chi connectivity index (χ3v) is 4.65. The van der Waals surface area contributed by atoms with E-state index < -0.39 is 10.2 Å². The molecular formula is C12H19ClN2O4S. The summed E-state index contributed by atoms with van der Waals surface area (Å²) in [6.45, 7) is 1.93. The summed E-state index contributed by atoms with van der Waals surface area (Å²) in [5, 5.41) is 9.24. The van der Waals surface area contributed by atoms with E-state index >= 15 is 0 Å². The first-order valence-corrected chi connectivity index (χ1v) is 7.82. The molecule has 0 aliphatic heterocycles. The number of benzene rings is 1. The number of aliphatic hydroxyl groups excluding tert-OH is 1.